The lowest BCUT2D eigenvalue weighted by atomic mass is 10.0. The summed E-state index contributed by atoms with van der Waals surface area (Å²) in [4.78, 5) is 11.7. The molecule has 92 valence electrons. The normalized spacial score (nSPS) is 20.7. The van der Waals surface area contributed by atoms with Crippen molar-refractivity contribution in [3.8, 4) is 0 Å². The van der Waals surface area contributed by atoms with Crippen molar-refractivity contribution < 1.29 is 13.2 Å². The maximum Gasteiger partial charge on any atom is 0.243 e. The van der Waals surface area contributed by atoms with Crippen LogP contribution in [0.4, 0.5) is 0 Å². The molecule has 1 aliphatic heterocycles. The fraction of sp³-hybridized carbons (Fsp3) is 0.417. The molecule has 1 aromatic carbocycles. The van der Waals surface area contributed by atoms with Crippen molar-refractivity contribution in [2.45, 2.75) is 30.7 Å². The van der Waals surface area contributed by atoms with Crippen LogP contribution in [0, 0.1) is 0 Å². The number of ketones is 1. The summed E-state index contributed by atoms with van der Waals surface area (Å²) in [6, 6.07) is 8.22. The summed E-state index contributed by atoms with van der Waals surface area (Å²) in [6.45, 7) is 3.53. The Morgan fingerprint density at radius 2 is 1.76 bits per heavy atom. The van der Waals surface area contributed by atoms with Gasteiger partial charge in [-0.05, 0) is 26.0 Å². The summed E-state index contributed by atoms with van der Waals surface area (Å²) in [7, 11) is -3.57. The van der Waals surface area contributed by atoms with Gasteiger partial charge < -0.3 is 0 Å². The molecule has 1 aromatic rings. The van der Waals surface area contributed by atoms with Crippen LogP contribution in [0.3, 0.4) is 0 Å². The number of nitrogens with zero attached hydrogens (tertiary/aromatic N) is 1. The van der Waals surface area contributed by atoms with Gasteiger partial charge in [0.05, 0.1) is 11.4 Å². The van der Waals surface area contributed by atoms with E-state index in [1.807, 2.05) is 0 Å². The first-order valence-electron chi connectivity index (χ1n) is 5.44. The Balaban J connectivity index is 2.44. The van der Waals surface area contributed by atoms with E-state index in [1.165, 1.54) is 4.31 Å². The SMILES string of the molecule is CC1(C)CC(=O)CN1S(=O)(=O)c1ccccc1. The van der Waals surface area contributed by atoms with Crippen LogP contribution in [-0.2, 0) is 14.8 Å². The van der Waals surface area contributed by atoms with Gasteiger partial charge in [0.1, 0.15) is 5.78 Å². The maximum atomic E-state index is 12.4. The summed E-state index contributed by atoms with van der Waals surface area (Å²) in [5, 5.41) is 0. The Hall–Kier alpha value is -1.20. The second-order valence-corrected chi connectivity index (χ2v) is 6.71. The van der Waals surface area contributed by atoms with Crippen molar-refractivity contribution >= 4 is 15.8 Å². The van der Waals surface area contributed by atoms with Crippen molar-refractivity contribution in [2.75, 3.05) is 6.54 Å². The Morgan fingerprint density at radius 1 is 1.18 bits per heavy atom. The summed E-state index contributed by atoms with van der Waals surface area (Å²) < 4.78 is 26.0. The molecule has 0 saturated carbocycles. The van der Waals surface area contributed by atoms with E-state index in [0.717, 1.165) is 0 Å². The molecule has 0 spiro atoms. The predicted molar refractivity (Wildman–Crippen MR) is 64.0 cm³/mol. The average molecular weight is 253 g/mol. The van der Waals surface area contributed by atoms with E-state index in [0.29, 0.717) is 0 Å². The number of benzene rings is 1. The average Bonchev–Trinajstić information content (AvgIpc) is 2.54. The van der Waals surface area contributed by atoms with Crippen molar-refractivity contribution in [2.24, 2.45) is 0 Å². The molecule has 2 rings (SSSR count). The Labute approximate surface area is 101 Å². The van der Waals surface area contributed by atoms with Gasteiger partial charge in [-0.15, -0.1) is 0 Å². The van der Waals surface area contributed by atoms with Crippen molar-refractivity contribution in [3.63, 3.8) is 0 Å². The minimum Gasteiger partial charge on any atom is -0.298 e. The lowest BCUT2D eigenvalue weighted by Gasteiger charge is -2.29. The highest BCUT2D eigenvalue weighted by atomic mass is 32.2. The zero-order chi connectivity index (χ0) is 12.7. The van der Waals surface area contributed by atoms with Crippen LogP contribution in [0.2, 0.25) is 0 Å². The molecule has 0 bridgehead atoms. The van der Waals surface area contributed by atoms with Crippen LogP contribution in [0.1, 0.15) is 20.3 Å². The smallest absolute Gasteiger partial charge is 0.243 e. The first-order chi connectivity index (χ1) is 7.84. The molecule has 0 aliphatic carbocycles. The lowest BCUT2D eigenvalue weighted by Crippen LogP contribution is -2.42. The summed E-state index contributed by atoms with van der Waals surface area (Å²) in [5.74, 6) is -0.0329. The molecular formula is C12H15NO3S. The first-order valence-corrected chi connectivity index (χ1v) is 6.88. The lowest BCUT2D eigenvalue weighted by molar-refractivity contribution is -0.116. The van der Waals surface area contributed by atoms with Gasteiger partial charge in [-0.25, -0.2) is 8.42 Å². The highest BCUT2D eigenvalue weighted by Crippen LogP contribution is 2.32. The molecule has 0 atom stereocenters. The van der Waals surface area contributed by atoms with E-state index in [9.17, 15) is 13.2 Å². The van der Waals surface area contributed by atoms with E-state index < -0.39 is 15.6 Å². The molecule has 4 nitrogen and oxygen atoms in total. The highest BCUT2D eigenvalue weighted by molar-refractivity contribution is 7.89. The quantitative estimate of drug-likeness (QED) is 0.801. The molecule has 0 aromatic heterocycles. The molecule has 1 saturated heterocycles. The van der Waals surface area contributed by atoms with Crippen LogP contribution in [0.15, 0.2) is 35.2 Å². The van der Waals surface area contributed by atoms with Gasteiger partial charge in [0, 0.05) is 12.0 Å². The van der Waals surface area contributed by atoms with Crippen LogP contribution < -0.4 is 0 Å². The molecule has 1 aliphatic rings. The van der Waals surface area contributed by atoms with E-state index in [1.54, 1.807) is 44.2 Å². The number of sulfonamides is 1. The number of carbonyl (C=O) groups is 1. The van der Waals surface area contributed by atoms with Gasteiger partial charge in [0.15, 0.2) is 0 Å². The second kappa shape index (κ2) is 3.92. The topological polar surface area (TPSA) is 54.5 Å². The van der Waals surface area contributed by atoms with Gasteiger partial charge in [-0.3, -0.25) is 4.79 Å². The number of Topliss-reactive ketones (excluding diaryl/α,β-unsaturated/α-hetero) is 1. The van der Waals surface area contributed by atoms with Crippen molar-refractivity contribution in [1.29, 1.82) is 0 Å². The summed E-state index contributed by atoms with van der Waals surface area (Å²) >= 11 is 0. The third-order valence-electron chi connectivity index (χ3n) is 2.96. The minimum atomic E-state index is -3.57. The second-order valence-electron chi connectivity index (χ2n) is 4.85. The van der Waals surface area contributed by atoms with Gasteiger partial charge in [0.2, 0.25) is 10.0 Å². The Bertz CT molecular complexity index is 534. The molecule has 1 fully saturated rings. The van der Waals surface area contributed by atoms with E-state index in [-0.39, 0.29) is 23.6 Å². The van der Waals surface area contributed by atoms with E-state index in [4.69, 9.17) is 0 Å². The van der Waals surface area contributed by atoms with Gasteiger partial charge in [-0.2, -0.15) is 4.31 Å². The highest BCUT2D eigenvalue weighted by Gasteiger charge is 2.44. The van der Waals surface area contributed by atoms with Crippen LogP contribution >= 0.6 is 0 Å². The molecule has 0 N–H and O–H groups in total. The third kappa shape index (κ3) is 2.12. The van der Waals surface area contributed by atoms with Gasteiger partial charge in [0.25, 0.3) is 0 Å². The number of rotatable bonds is 2. The third-order valence-corrected chi connectivity index (χ3v) is 5.03. The summed E-state index contributed by atoms with van der Waals surface area (Å²) in [6.07, 6.45) is 0.277. The molecule has 0 amide bonds. The molecule has 17 heavy (non-hydrogen) atoms. The zero-order valence-corrected chi connectivity index (χ0v) is 10.7. The minimum absolute atomic E-state index is 0.0236. The molecule has 0 radical (unpaired) electrons. The Morgan fingerprint density at radius 3 is 2.24 bits per heavy atom. The van der Waals surface area contributed by atoms with Crippen LogP contribution in [-0.4, -0.2) is 30.6 Å². The summed E-state index contributed by atoms with van der Waals surface area (Å²) in [5.41, 5.74) is -0.633. The fourth-order valence-electron chi connectivity index (χ4n) is 2.13. The zero-order valence-electron chi connectivity index (χ0n) is 9.88. The first kappa shape index (κ1) is 12.3. The molecular weight excluding hydrogens is 238 g/mol. The van der Waals surface area contributed by atoms with Crippen LogP contribution in [0.25, 0.3) is 0 Å². The molecule has 1 heterocycles. The fourth-order valence-corrected chi connectivity index (χ4v) is 3.92. The van der Waals surface area contributed by atoms with Crippen LogP contribution in [0.5, 0.6) is 0 Å². The number of carbonyl (C=O) groups excluding carboxylic acids is 1. The van der Waals surface area contributed by atoms with Crippen molar-refractivity contribution in [1.82, 2.24) is 4.31 Å². The largest absolute Gasteiger partial charge is 0.298 e. The maximum absolute atomic E-state index is 12.4. The number of hydrogen-bond donors (Lipinski definition) is 0. The van der Waals surface area contributed by atoms with Crippen molar-refractivity contribution in [3.05, 3.63) is 30.3 Å². The predicted octanol–water partition coefficient (Wildman–Crippen LogP) is 1.43. The molecule has 5 heteroatoms. The monoisotopic (exact) mass is 253 g/mol. The van der Waals surface area contributed by atoms with Gasteiger partial charge in [-0.1, -0.05) is 18.2 Å². The van der Waals surface area contributed by atoms with E-state index >= 15 is 0 Å². The molecule has 0 unspecified atom stereocenters. The Kier molecular flexibility index (Phi) is 2.83. The standard InChI is InChI=1S/C12H15NO3S/c1-12(2)8-10(14)9-13(12)17(15,16)11-6-4-3-5-7-11/h3-7H,8-9H2,1-2H3. The number of hydrogen-bond acceptors (Lipinski definition) is 3. The van der Waals surface area contributed by atoms with Gasteiger partial charge >= 0.3 is 0 Å². The van der Waals surface area contributed by atoms with E-state index in [2.05, 4.69) is 0 Å².